The molecule has 0 fully saturated rings. The van der Waals surface area contributed by atoms with Crippen LogP contribution in [0.5, 0.6) is 5.75 Å². The molecule has 0 radical (unpaired) electrons. The van der Waals surface area contributed by atoms with E-state index in [1.54, 1.807) is 51.1 Å². The molecule has 0 spiro atoms. The zero-order chi connectivity index (χ0) is 31.8. The van der Waals surface area contributed by atoms with E-state index in [2.05, 4.69) is 19.7 Å². The number of ether oxygens (including phenoxy) is 3. The standard InChI is InChI=1S/C35H38O8/c1-20(2)32(36)40-23(7)9-11-26-17-28-18-30(25-13-15-29(16-14-25)42-34(38)22(5)6)35(39)43-31(28)19-27(26)12-10-24(8)41-33(37)21(3)4/h13-19,23-24H,1,3,5,9-12H2,2,4,6-8H3. The van der Waals surface area contributed by atoms with Crippen molar-refractivity contribution in [1.29, 1.82) is 0 Å². The van der Waals surface area contributed by atoms with Gasteiger partial charge in [0.1, 0.15) is 11.3 Å². The lowest BCUT2D eigenvalue weighted by Crippen LogP contribution is -2.17. The molecule has 1 heterocycles. The summed E-state index contributed by atoms with van der Waals surface area (Å²) in [7, 11) is 0. The number of rotatable bonds is 13. The van der Waals surface area contributed by atoms with E-state index in [0.717, 1.165) is 16.5 Å². The number of fused-ring (bicyclic) bond motifs is 1. The van der Waals surface area contributed by atoms with Crippen molar-refractivity contribution in [3.05, 3.63) is 100 Å². The highest BCUT2D eigenvalue weighted by Crippen LogP contribution is 2.28. The van der Waals surface area contributed by atoms with Gasteiger partial charge in [0.2, 0.25) is 0 Å². The number of hydrogen-bond acceptors (Lipinski definition) is 8. The summed E-state index contributed by atoms with van der Waals surface area (Å²) in [5, 5.41) is 0.722. The third kappa shape index (κ3) is 9.13. The van der Waals surface area contributed by atoms with Gasteiger partial charge in [0, 0.05) is 22.1 Å². The second-order valence-electron chi connectivity index (χ2n) is 10.9. The van der Waals surface area contributed by atoms with Gasteiger partial charge in [-0.25, -0.2) is 19.2 Å². The summed E-state index contributed by atoms with van der Waals surface area (Å²) in [4.78, 5) is 48.8. The van der Waals surface area contributed by atoms with Crippen LogP contribution in [0.25, 0.3) is 22.1 Å². The lowest BCUT2D eigenvalue weighted by molar-refractivity contribution is -0.144. The minimum Gasteiger partial charge on any atom is -0.459 e. The monoisotopic (exact) mass is 586 g/mol. The van der Waals surface area contributed by atoms with Crippen molar-refractivity contribution in [2.75, 3.05) is 0 Å². The van der Waals surface area contributed by atoms with Gasteiger partial charge >= 0.3 is 23.5 Å². The molecule has 2 aromatic carbocycles. The molecular weight excluding hydrogens is 548 g/mol. The fraction of sp³-hybridized carbons (Fsp3) is 0.314. The van der Waals surface area contributed by atoms with E-state index in [-0.39, 0.29) is 17.8 Å². The minimum absolute atomic E-state index is 0.278. The summed E-state index contributed by atoms with van der Waals surface area (Å²) in [6.07, 6.45) is 1.56. The maximum absolute atomic E-state index is 13.0. The summed E-state index contributed by atoms with van der Waals surface area (Å²) in [5.41, 5.74) is 3.74. The Labute approximate surface area is 251 Å². The molecule has 226 valence electrons. The highest BCUT2D eigenvalue weighted by molar-refractivity contribution is 5.89. The average molecular weight is 587 g/mol. The van der Waals surface area contributed by atoms with Gasteiger partial charge in [0.15, 0.2) is 0 Å². The normalized spacial score (nSPS) is 12.2. The van der Waals surface area contributed by atoms with Crippen LogP contribution in [0.4, 0.5) is 0 Å². The summed E-state index contributed by atoms with van der Waals surface area (Å²) >= 11 is 0. The van der Waals surface area contributed by atoms with Gasteiger partial charge in [0.25, 0.3) is 0 Å². The molecule has 3 rings (SSSR count). The molecule has 8 nitrogen and oxygen atoms in total. The first-order chi connectivity index (χ1) is 20.2. The Bertz CT molecular complexity index is 1620. The quantitative estimate of drug-likeness (QED) is 0.0929. The van der Waals surface area contributed by atoms with Gasteiger partial charge in [0.05, 0.1) is 17.8 Å². The second kappa shape index (κ2) is 14.4. The number of carbonyl (C=O) groups excluding carboxylic acids is 3. The van der Waals surface area contributed by atoms with Gasteiger partial charge in [-0.05, 0) is 107 Å². The maximum Gasteiger partial charge on any atom is 0.344 e. The van der Waals surface area contributed by atoms with Crippen LogP contribution in [0.1, 0.15) is 58.6 Å². The third-order valence-electron chi connectivity index (χ3n) is 6.73. The molecule has 0 aliphatic carbocycles. The first-order valence-corrected chi connectivity index (χ1v) is 14.1. The first-order valence-electron chi connectivity index (χ1n) is 14.1. The fourth-order valence-electron chi connectivity index (χ4n) is 4.22. The molecule has 0 N–H and O–H groups in total. The number of carbonyl (C=O) groups is 3. The lowest BCUT2D eigenvalue weighted by Gasteiger charge is -2.17. The molecule has 8 heteroatoms. The van der Waals surface area contributed by atoms with Crippen LogP contribution in [0.2, 0.25) is 0 Å². The fourth-order valence-corrected chi connectivity index (χ4v) is 4.22. The van der Waals surface area contributed by atoms with Gasteiger partial charge in [-0.15, -0.1) is 0 Å². The SMILES string of the molecule is C=C(C)C(=O)Oc1ccc(-c2cc3cc(CCC(C)OC(=O)C(=C)C)c(CCC(C)OC(=O)C(=C)C)cc3oc2=O)cc1. The van der Waals surface area contributed by atoms with Crippen molar-refractivity contribution >= 4 is 28.9 Å². The molecule has 1 aromatic heterocycles. The van der Waals surface area contributed by atoms with Crippen LogP contribution in [0.3, 0.4) is 0 Å². The van der Waals surface area contributed by atoms with E-state index in [1.165, 1.54) is 0 Å². The Morgan fingerprint density at radius 2 is 1.23 bits per heavy atom. The van der Waals surface area contributed by atoms with Crippen LogP contribution in [0, 0.1) is 0 Å². The largest absolute Gasteiger partial charge is 0.459 e. The molecule has 0 aliphatic heterocycles. The molecule has 43 heavy (non-hydrogen) atoms. The lowest BCUT2D eigenvalue weighted by atomic mass is 9.94. The van der Waals surface area contributed by atoms with Crippen LogP contribution in [-0.4, -0.2) is 30.1 Å². The topological polar surface area (TPSA) is 109 Å². The number of benzene rings is 2. The smallest absolute Gasteiger partial charge is 0.344 e. The maximum atomic E-state index is 13.0. The van der Waals surface area contributed by atoms with Crippen LogP contribution in [-0.2, 0) is 36.7 Å². The van der Waals surface area contributed by atoms with Crippen LogP contribution < -0.4 is 10.4 Å². The van der Waals surface area contributed by atoms with E-state index in [0.29, 0.717) is 59.3 Å². The number of esters is 3. The average Bonchev–Trinajstić information content (AvgIpc) is 2.94. The van der Waals surface area contributed by atoms with Crippen molar-refractivity contribution in [1.82, 2.24) is 0 Å². The van der Waals surface area contributed by atoms with E-state index in [4.69, 9.17) is 18.6 Å². The Morgan fingerprint density at radius 3 is 1.72 bits per heavy atom. The van der Waals surface area contributed by atoms with Crippen LogP contribution in [0.15, 0.2) is 88.1 Å². The summed E-state index contributed by atoms with van der Waals surface area (Å²) < 4.78 is 21.9. The Hall–Kier alpha value is -4.72. The predicted molar refractivity (Wildman–Crippen MR) is 166 cm³/mol. The zero-order valence-corrected chi connectivity index (χ0v) is 25.4. The number of hydrogen-bond donors (Lipinski definition) is 0. The Morgan fingerprint density at radius 1 is 0.744 bits per heavy atom. The molecule has 2 unspecified atom stereocenters. The van der Waals surface area contributed by atoms with Gasteiger partial charge in [-0.3, -0.25) is 0 Å². The molecular formula is C35H38O8. The summed E-state index contributed by atoms with van der Waals surface area (Å²) in [5.74, 6) is -1.09. The molecule has 0 saturated heterocycles. The molecule has 0 bridgehead atoms. The highest BCUT2D eigenvalue weighted by Gasteiger charge is 2.17. The second-order valence-corrected chi connectivity index (χ2v) is 10.9. The van der Waals surface area contributed by atoms with Gasteiger partial charge < -0.3 is 18.6 Å². The van der Waals surface area contributed by atoms with E-state index in [1.807, 2.05) is 26.0 Å². The van der Waals surface area contributed by atoms with Gasteiger partial charge in [-0.1, -0.05) is 31.9 Å². The zero-order valence-electron chi connectivity index (χ0n) is 25.4. The summed E-state index contributed by atoms with van der Waals surface area (Å²) in [6, 6.07) is 12.1. The molecule has 2 atom stereocenters. The molecule has 0 amide bonds. The predicted octanol–water partition coefficient (Wildman–Crippen LogP) is 6.82. The van der Waals surface area contributed by atoms with Crippen molar-refractivity contribution in [3.63, 3.8) is 0 Å². The number of aryl methyl sites for hydroxylation is 2. The highest BCUT2D eigenvalue weighted by atomic mass is 16.5. The Kier molecular flexibility index (Phi) is 11.0. The first kappa shape index (κ1) is 32.8. The third-order valence-corrected chi connectivity index (χ3v) is 6.73. The van der Waals surface area contributed by atoms with Crippen molar-refractivity contribution in [3.8, 4) is 16.9 Å². The van der Waals surface area contributed by atoms with E-state index >= 15 is 0 Å². The molecule has 0 saturated carbocycles. The van der Waals surface area contributed by atoms with E-state index < -0.39 is 23.5 Å². The minimum atomic E-state index is -0.534. The van der Waals surface area contributed by atoms with Crippen molar-refractivity contribution in [2.45, 2.75) is 72.5 Å². The van der Waals surface area contributed by atoms with Crippen molar-refractivity contribution in [2.24, 2.45) is 0 Å². The van der Waals surface area contributed by atoms with Crippen molar-refractivity contribution < 1.29 is 33.0 Å². The molecule has 0 aliphatic rings. The summed E-state index contributed by atoms with van der Waals surface area (Å²) in [6.45, 7) is 19.2. The Balaban J connectivity index is 1.93. The molecule has 3 aromatic rings. The van der Waals surface area contributed by atoms with Crippen LogP contribution >= 0.6 is 0 Å². The van der Waals surface area contributed by atoms with Gasteiger partial charge in [-0.2, -0.15) is 0 Å². The van der Waals surface area contributed by atoms with E-state index in [9.17, 15) is 19.2 Å².